The standard InChI is InChI=1S/C24H29NO6S/c1-6-30-23(27)20-16(4)21(24(28)31-14-13-29-5)32-22(20)25-19(26)12-9-17-7-10-18(11-8-17)15(2)3/h7-12,15H,6,13-14H2,1-5H3,(H,25,26)/b12-9+. The molecule has 0 aliphatic carbocycles. The van der Waals surface area contributed by atoms with E-state index in [2.05, 4.69) is 19.2 Å². The third kappa shape index (κ3) is 6.77. The molecule has 1 aromatic carbocycles. The maximum Gasteiger partial charge on any atom is 0.348 e. The summed E-state index contributed by atoms with van der Waals surface area (Å²) >= 11 is 0.980. The number of esters is 2. The zero-order valence-corrected chi connectivity index (χ0v) is 19.8. The quantitative estimate of drug-likeness (QED) is 0.311. The molecule has 8 heteroatoms. The van der Waals surface area contributed by atoms with Crippen LogP contribution < -0.4 is 5.32 Å². The normalized spacial score (nSPS) is 11.1. The van der Waals surface area contributed by atoms with E-state index in [9.17, 15) is 14.4 Å². The van der Waals surface area contributed by atoms with Crippen LogP contribution in [-0.2, 0) is 19.0 Å². The number of benzene rings is 1. The van der Waals surface area contributed by atoms with Crippen LogP contribution in [0.2, 0.25) is 0 Å². The van der Waals surface area contributed by atoms with Crippen LogP contribution in [0.5, 0.6) is 0 Å². The fraction of sp³-hybridized carbons (Fsp3) is 0.375. The van der Waals surface area contributed by atoms with Gasteiger partial charge in [-0.1, -0.05) is 38.1 Å². The molecule has 1 N–H and O–H groups in total. The number of amides is 1. The lowest BCUT2D eigenvalue weighted by Gasteiger charge is -2.06. The molecular formula is C24H29NO6S. The van der Waals surface area contributed by atoms with E-state index in [4.69, 9.17) is 14.2 Å². The summed E-state index contributed by atoms with van der Waals surface area (Å²) in [6.07, 6.45) is 3.06. The minimum atomic E-state index is -0.610. The summed E-state index contributed by atoms with van der Waals surface area (Å²) in [5.74, 6) is -1.20. The molecule has 172 valence electrons. The second-order valence-corrected chi connectivity index (χ2v) is 8.27. The molecule has 0 spiro atoms. The fourth-order valence-corrected chi connectivity index (χ4v) is 3.94. The van der Waals surface area contributed by atoms with E-state index in [1.807, 2.05) is 24.3 Å². The maximum absolute atomic E-state index is 12.5. The Labute approximate surface area is 192 Å². The van der Waals surface area contributed by atoms with Crippen LogP contribution in [0, 0.1) is 6.92 Å². The minimum absolute atomic E-state index is 0.0848. The maximum atomic E-state index is 12.5. The summed E-state index contributed by atoms with van der Waals surface area (Å²) in [4.78, 5) is 37.6. The molecule has 0 aliphatic heterocycles. The van der Waals surface area contributed by atoms with Gasteiger partial charge in [0.15, 0.2) is 0 Å². The second-order valence-electron chi connectivity index (χ2n) is 7.25. The first-order valence-electron chi connectivity index (χ1n) is 10.3. The molecule has 2 aromatic rings. The Bertz CT molecular complexity index is 975. The second kappa shape index (κ2) is 12.2. The van der Waals surface area contributed by atoms with Crippen molar-refractivity contribution in [3.63, 3.8) is 0 Å². The van der Waals surface area contributed by atoms with Gasteiger partial charge in [-0.2, -0.15) is 0 Å². The molecule has 1 amide bonds. The molecule has 0 saturated carbocycles. The number of nitrogens with one attached hydrogen (secondary N) is 1. The van der Waals surface area contributed by atoms with Crippen molar-refractivity contribution in [2.75, 3.05) is 32.2 Å². The van der Waals surface area contributed by atoms with E-state index in [0.717, 1.165) is 16.9 Å². The summed E-state index contributed by atoms with van der Waals surface area (Å²) < 4.78 is 15.1. The van der Waals surface area contributed by atoms with Gasteiger partial charge in [0.2, 0.25) is 5.91 Å². The van der Waals surface area contributed by atoms with Crippen LogP contribution >= 0.6 is 11.3 Å². The summed E-state index contributed by atoms with van der Waals surface area (Å²) in [6.45, 7) is 8.05. The van der Waals surface area contributed by atoms with Gasteiger partial charge in [0.05, 0.1) is 18.8 Å². The molecule has 32 heavy (non-hydrogen) atoms. The van der Waals surface area contributed by atoms with Crippen molar-refractivity contribution in [2.45, 2.75) is 33.6 Å². The Morgan fingerprint density at radius 2 is 1.75 bits per heavy atom. The summed E-state index contributed by atoms with van der Waals surface area (Å²) in [5.41, 5.74) is 2.64. The average molecular weight is 460 g/mol. The lowest BCUT2D eigenvalue weighted by atomic mass is 10.0. The van der Waals surface area contributed by atoms with Crippen LogP contribution in [0.4, 0.5) is 5.00 Å². The molecule has 0 aliphatic rings. The van der Waals surface area contributed by atoms with Gasteiger partial charge in [-0.15, -0.1) is 11.3 Å². The largest absolute Gasteiger partial charge is 0.462 e. The number of carbonyl (C=O) groups is 3. The zero-order valence-electron chi connectivity index (χ0n) is 19.0. The van der Waals surface area contributed by atoms with Crippen molar-refractivity contribution < 1.29 is 28.6 Å². The number of hydrogen-bond acceptors (Lipinski definition) is 7. The van der Waals surface area contributed by atoms with Gasteiger partial charge in [-0.05, 0) is 42.5 Å². The highest BCUT2D eigenvalue weighted by molar-refractivity contribution is 7.18. The van der Waals surface area contributed by atoms with Gasteiger partial charge < -0.3 is 19.5 Å². The van der Waals surface area contributed by atoms with Gasteiger partial charge >= 0.3 is 11.9 Å². The van der Waals surface area contributed by atoms with E-state index in [1.54, 1.807) is 19.9 Å². The average Bonchev–Trinajstić information content (AvgIpc) is 3.08. The van der Waals surface area contributed by atoms with E-state index in [-0.39, 0.29) is 35.3 Å². The first-order chi connectivity index (χ1) is 15.3. The van der Waals surface area contributed by atoms with Crippen LogP contribution in [0.3, 0.4) is 0 Å². The SMILES string of the molecule is CCOC(=O)c1c(NC(=O)/C=C/c2ccc(C(C)C)cc2)sc(C(=O)OCCOC)c1C. The Hall–Kier alpha value is -2.97. The number of methoxy groups -OCH3 is 1. The molecule has 1 aromatic heterocycles. The number of anilines is 1. The van der Waals surface area contributed by atoms with Gasteiger partial charge in [-0.25, -0.2) is 9.59 Å². The molecule has 0 bridgehead atoms. The van der Waals surface area contributed by atoms with Crippen LogP contribution in [0.15, 0.2) is 30.3 Å². The number of hydrogen-bond donors (Lipinski definition) is 1. The minimum Gasteiger partial charge on any atom is -0.462 e. The fourth-order valence-electron chi connectivity index (χ4n) is 2.85. The molecule has 0 atom stereocenters. The van der Waals surface area contributed by atoms with Crippen molar-refractivity contribution in [3.8, 4) is 0 Å². The summed E-state index contributed by atoms with van der Waals surface area (Å²) in [5, 5.41) is 2.93. The van der Waals surface area contributed by atoms with E-state index < -0.39 is 17.8 Å². The molecule has 0 radical (unpaired) electrons. The summed E-state index contributed by atoms with van der Waals surface area (Å²) in [7, 11) is 1.50. The molecular weight excluding hydrogens is 430 g/mol. The van der Waals surface area contributed by atoms with Gasteiger partial charge in [0.1, 0.15) is 16.5 Å². The first-order valence-corrected chi connectivity index (χ1v) is 11.2. The Morgan fingerprint density at radius 3 is 2.34 bits per heavy atom. The van der Waals surface area contributed by atoms with E-state index >= 15 is 0 Å². The van der Waals surface area contributed by atoms with Crippen LogP contribution in [-0.4, -0.2) is 44.8 Å². The van der Waals surface area contributed by atoms with Crippen LogP contribution in [0.25, 0.3) is 6.08 Å². The van der Waals surface area contributed by atoms with Crippen molar-refractivity contribution in [1.29, 1.82) is 0 Å². The number of ether oxygens (including phenoxy) is 3. The molecule has 1 heterocycles. The zero-order chi connectivity index (χ0) is 23.7. The Kier molecular flexibility index (Phi) is 9.61. The third-order valence-electron chi connectivity index (χ3n) is 4.60. The monoisotopic (exact) mass is 459 g/mol. The molecule has 0 unspecified atom stereocenters. The molecule has 2 rings (SSSR count). The Balaban J connectivity index is 2.22. The van der Waals surface area contributed by atoms with Crippen molar-refractivity contribution in [3.05, 3.63) is 57.5 Å². The van der Waals surface area contributed by atoms with Gasteiger partial charge in [0, 0.05) is 13.2 Å². The first kappa shape index (κ1) is 25.3. The molecule has 7 nitrogen and oxygen atoms in total. The summed E-state index contributed by atoms with van der Waals surface area (Å²) in [6, 6.07) is 7.91. The lowest BCUT2D eigenvalue weighted by molar-refractivity contribution is -0.111. The highest BCUT2D eigenvalue weighted by Gasteiger charge is 2.27. The van der Waals surface area contributed by atoms with E-state index in [0.29, 0.717) is 11.5 Å². The van der Waals surface area contributed by atoms with Crippen molar-refractivity contribution in [1.82, 2.24) is 0 Å². The van der Waals surface area contributed by atoms with Gasteiger partial charge in [0.25, 0.3) is 0 Å². The predicted octanol–water partition coefficient (Wildman–Crippen LogP) is 4.81. The molecule has 0 fully saturated rings. The van der Waals surface area contributed by atoms with Crippen molar-refractivity contribution in [2.24, 2.45) is 0 Å². The highest BCUT2D eigenvalue weighted by atomic mass is 32.1. The van der Waals surface area contributed by atoms with Crippen LogP contribution in [0.1, 0.15) is 63.4 Å². The van der Waals surface area contributed by atoms with Gasteiger partial charge in [-0.3, -0.25) is 4.79 Å². The number of rotatable bonds is 10. The van der Waals surface area contributed by atoms with Crippen molar-refractivity contribution >= 4 is 40.3 Å². The highest BCUT2D eigenvalue weighted by Crippen LogP contribution is 2.34. The lowest BCUT2D eigenvalue weighted by Crippen LogP contribution is -2.13. The third-order valence-corrected chi connectivity index (χ3v) is 5.79. The van der Waals surface area contributed by atoms with E-state index in [1.165, 1.54) is 18.7 Å². The Morgan fingerprint density at radius 1 is 1.06 bits per heavy atom. The number of thiophene rings is 1. The predicted molar refractivity (Wildman–Crippen MR) is 125 cm³/mol. The number of carbonyl (C=O) groups excluding carboxylic acids is 3. The molecule has 0 saturated heterocycles. The topological polar surface area (TPSA) is 90.9 Å². The smallest absolute Gasteiger partial charge is 0.348 e.